The van der Waals surface area contributed by atoms with Crippen molar-refractivity contribution in [1.29, 1.82) is 0 Å². The Bertz CT molecular complexity index is 833. The summed E-state index contributed by atoms with van der Waals surface area (Å²) >= 11 is 5.85. The minimum atomic E-state index is -0.698. The summed E-state index contributed by atoms with van der Waals surface area (Å²) in [6.07, 6.45) is 2.03. The largest absolute Gasteiger partial charge is 0.494 e. The summed E-state index contributed by atoms with van der Waals surface area (Å²) in [4.78, 5) is 25.0. The van der Waals surface area contributed by atoms with Crippen LogP contribution in [0.25, 0.3) is 0 Å². The Balaban J connectivity index is 1.98. The fourth-order valence-electron chi connectivity index (χ4n) is 2.61. The molecule has 0 radical (unpaired) electrons. The summed E-state index contributed by atoms with van der Waals surface area (Å²) in [5.41, 5.74) is 3.76. The zero-order chi connectivity index (χ0) is 21.2. The Morgan fingerprint density at radius 3 is 2.34 bits per heavy atom. The molecule has 0 aromatic heterocycles. The van der Waals surface area contributed by atoms with Crippen molar-refractivity contribution in [2.24, 2.45) is 11.0 Å². The predicted octanol–water partition coefficient (Wildman–Crippen LogP) is 4.03. The van der Waals surface area contributed by atoms with Crippen LogP contribution < -0.4 is 15.5 Å². The Morgan fingerprint density at radius 1 is 1.10 bits per heavy atom. The van der Waals surface area contributed by atoms with Gasteiger partial charge in [0.2, 0.25) is 0 Å². The summed E-state index contributed by atoms with van der Waals surface area (Å²) in [6.45, 7) is 6.49. The molecule has 0 aliphatic carbocycles. The molecule has 0 spiro atoms. The standard InChI is InChI=1S/C22H26ClN3O3/c1-4-29-19-11-5-16(6-12-19)14-24-26-22(28)20(13-15(2)3)25-21(27)17-7-9-18(23)10-8-17/h5-12,14-15,20H,4,13H2,1-3H3,(H,25,27)(H,26,28)/b24-14+. The lowest BCUT2D eigenvalue weighted by Crippen LogP contribution is -2.46. The van der Waals surface area contributed by atoms with Gasteiger partial charge in [-0.05, 0) is 73.4 Å². The molecule has 7 heteroatoms. The molecule has 2 rings (SSSR count). The monoisotopic (exact) mass is 415 g/mol. The van der Waals surface area contributed by atoms with Crippen molar-refractivity contribution in [2.75, 3.05) is 6.61 Å². The topological polar surface area (TPSA) is 79.8 Å². The second-order valence-corrected chi connectivity index (χ2v) is 7.34. The van der Waals surface area contributed by atoms with Crippen LogP contribution in [0.1, 0.15) is 43.1 Å². The van der Waals surface area contributed by atoms with Gasteiger partial charge in [-0.2, -0.15) is 5.10 Å². The molecule has 2 N–H and O–H groups in total. The Kier molecular flexibility index (Phi) is 8.68. The number of amides is 2. The van der Waals surface area contributed by atoms with E-state index in [1.54, 1.807) is 30.5 Å². The number of hydrazone groups is 1. The molecular weight excluding hydrogens is 390 g/mol. The highest BCUT2D eigenvalue weighted by Gasteiger charge is 2.22. The maximum atomic E-state index is 12.5. The number of hydrogen-bond donors (Lipinski definition) is 2. The highest BCUT2D eigenvalue weighted by molar-refractivity contribution is 6.30. The summed E-state index contributed by atoms with van der Waals surface area (Å²) < 4.78 is 5.39. The highest BCUT2D eigenvalue weighted by Crippen LogP contribution is 2.12. The average Bonchev–Trinajstić information content (AvgIpc) is 2.69. The second-order valence-electron chi connectivity index (χ2n) is 6.90. The molecule has 154 valence electrons. The first-order valence-corrected chi connectivity index (χ1v) is 9.89. The van der Waals surface area contributed by atoms with Gasteiger partial charge < -0.3 is 10.1 Å². The number of hydrogen-bond acceptors (Lipinski definition) is 4. The highest BCUT2D eigenvalue weighted by atomic mass is 35.5. The third-order valence-corrected chi connectivity index (χ3v) is 4.27. The van der Waals surface area contributed by atoms with E-state index in [0.717, 1.165) is 11.3 Å². The molecule has 0 aliphatic rings. The number of nitrogens with one attached hydrogen (secondary N) is 2. The van der Waals surface area contributed by atoms with Gasteiger partial charge in [0.05, 0.1) is 12.8 Å². The average molecular weight is 416 g/mol. The van der Waals surface area contributed by atoms with Gasteiger partial charge in [-0.15, -0.1) is 0 Å². The molecule has 0 saturated heterocycles. The van der Waals surface area contributed by atoms with Crippen LogP contribution in [0.2, 0.25) is 5.02 Å². The Morgan fingerprint density at radius 2 is 1.76 bits per heavy atom. The van der Waals surface area contributed by atoms with Crippen molar-refractivity contribution in [3.05, 3.63) is 64.7 Å². The zero-order valence-corrected chi connectivity index (χ0v) is 17.6. The van der Waals surface area contributed by atoms with E-state index < -0.39 is 6.04 Å². The minimum Gasteiger partial charge on any atom is -0.494 e. The number of carbonyl (C=O) groups is 2. The first-order chi connectivity index (χ1) is 13.9. The van der Waals surface area contributed by atoms with Crippen LogP contribution in [0.4, 0.5) is 0 Å². The van der Waals surface area contributed by atoms with Gasteiger partial charge in [0.25, 0.3) is 11.8 Å². The third-order valence-electron chi connectivity index (χ3n) is 4.01. The van der Waals surface area contributed by atoms with Gasteiger partial charge in [-0.25, -0.2) is 5.43 Å². The van der Waals surface area contributed by atoms with Gasteiger partial charge in [0.1, 0.15) is 11.8 Å². The van der Waals surface area contributed by atoms with E-state index >= 15 is 0 Å². The lowest BCUT2D eigenvalue weighted by atomic mass is 10.0. The van der Waals surface area contributed by atoms with E-state index in [0.29, 0.717) is 23.6 Å². The smallest absolute Gasteiger partial charge is 0.262 e. The van der Waals surface area contributed by atoms with Crippen LogP contribution in [0.15, 0.2) is 53.6 Å². The molecule has 2 amide bonds. The van der Waals surface area contributed by atoms with Crippen molar-refractivity contribution in [2.45, 2.75) is 33.2 Å². The Hall–Kier alpha value is -2.86. The van der Waals surface area contributed by atoms with Crippen LogP contribution in [-0.2, 0) is 4.79 Å². The van der Waals surface area contributed by atoms with Crippen LogP contribution >= 0.6 is 11.6 Å². The SMILES string of the molecule is CCOc1ccc(/C=N/NC(=O)C(CC(C)C)NC(=O)c2ccc(Cl)cc2)cc1. The molecule has 0 saturated carbocycles. The molecule has 0 fully saturated rings. The van der Waals surface area contributed by atoms with Crippen LogP contribution in [-0.4, -0.2) is 30.7 Å². The third kappa shape index (κ3) is 7.58. The maximum absolute atomic E-state index is 12.5. The minimum absolute atomic E-state index is 0.214. The van der Waals surface area contributed by atoms with Crippen LogP contribution in [0, 0.1) is 5.92 Å². The van der Waals surface area contributed by atoms with E-state index in [-0.39, 0.29) is 17.7 Å². The fourth-order valence-corrected chi connectivity index (χ4v) is 2.74. The summed E-state index contributed by atoms with van der Waals surface area (Å²) in [5, 5.41) is 7.32. The fraction of sp³-hybridized carbons (Fsp3) is 0.318. The molecular formula is C22H26ClN3O3. The van der Waals surface area contributed by atoms with Crippen molar-refractivity contribution < 1.29 is 14.3 Å². The number of halogens is 1. The van der Waals surface area contributed by atoms with E-state index in [4.69, 9.17) is 16.3 Å². The Labute approximate surface area is 176 Å². The van der Waals surface area contributed by atoms with E-state index in [9.17, 15) is 9.59 Å². The molecule has 2 aromatic carbocycles. The number of ether oxygens (including phenoxy) is 1. The number of benzene rings is 2. The summed E-state index contributed by atoms with van der Waals surface area (Å²) in [7, 11) is 0. The predicted molar refractivity (Wildman–Crippen MR) is 116 cm³/mol. The zero-order valence-electron chi connectivity index (χ0n) is 16.8. The molecule has 2 aromatic rings. The van der Waals surface area contributed by atoms with Crippen LogP contribution in [0.3, 0.4) is 0 Å². The number of carbonyl (C=O) groups excluding carboxylic acids is 2. The van der Waals surface area contributed by atoms with Crippen LogP contribution in [0.5, 0.6) is 5.75 Å². The molecule has 0 aliphatic heterocycles. The molecule has 0 bridgehead atoms. The van der Waals surface area contributed by atoms with Crippen molar-refractivity contribution >= 4 is 29.6 Å². The number of nitrogens with zero attached hydrogens (tertiary/aromatic N) is 1. The lowest BCUT2D eigenvalue weighted by Gasteiger charge is -2.19. The van der Waals surface area contributed by atoms with Crippen molar-refractivity contribution in [3.8, 4) is 5.75 Å². The van der Waals surface area contributed by atoms with Crippen molar-refractivity contribution in [1.82, 2.24) is 10.7 Å². The molecule has 29 heavy (non-hydrogen) atoms. The molecule has 1 unspecified atom stereocenters. The van der Waals surface area contributed by atoms with Gasteiger partial charge in [0, 0.05) is 10.6 Å². The van der Waals surface area contributed by atoms with Gasteiger partial charge in [-0.3, -0.25) is 9.59 Å². The van der Waals surface area contributed by atoms with Gasteiger partial charge >= 0.3 is 0 Å². The number of rotatable bonds is 9. The van der Waals surface area contributed by atoms with E-state index in [1.807, 2.05) is 45.0 Å². The summed E-state index contributed by atoms with van der Waals surface area (Å²) in [5.74, 6) is 0.281. The molecule has 1 atom stereocenters. The lowest BCUT2D eigenvalue weighted by molar-refractivity contribution is -0.123. The normalized spacial score (nSPS) is 12.0. The molecule has 0 heterocycles. The quantitative estimate of drug-likeness (QED) is 0.479. The first-order valence-electron chi connectivity index (χ1n) is 9.51. The van der Waals surface area contributed by atoms with Gasteiger partial charge in [0.15, 0.2) is 0 Å². The summed E-state index contributed by atoms with van der Waals surface area (Å²) in [6, 6.07) is 13.2. The van der Waals surface area contributed by atoms with E-state index in [2.05, 4.69) is 15.8 Å². The first kappa shape index (κ1) is 22.4. The maximum Gasteiger partial charge on any atom is 0.262 e. The van der Waals surface area contributed by atoms with Gasteiger partial charge in [-0.1, -0.05) is 25.4 Å². The van der Waals surface area contributed by atoms with E-state index in [1.165, 1.54) is 0 Å². The molecule has 6 nitrogen and oxygen atoms in total. The second kappa shape index (κ2) is 11.2. The van der Waals surface area contributed by atoms with Crippen molar-refractivity contribution in [3.63, 3.8) is 0 Å².